The maximum absolute atomic E-state index is 12.1. The fourth-order valence-electron chi connectivity index (χ4n) is 6.68. The second-order valence-electron chi connectivity index (χ2n) is 12.5. The van der Waals surface area contributed by atoms with E-state index in [1.165, 1.54) is 12.1 Å². The third-order valence-electron chi connectivity index (χ3n) is 9.50. The molecule has 0 aliphatic carbocycles. The van der Waals surface area contributed by atoms with Gasteiger partial charge in [-0.1, -0.05) is 76.2 Å². The van der Waals surface area contributed by atoms with Gasteiger partial charge in [0.05, 0.1) is 33.9 Å². The Morgan fingerprint density at radius 2 is 0.808 bits per heavy atom. The van der Waals surface area contributed by atoms with Gasteiger partial charge < -0.3 is 21.7 Å². The van der Waals surface area contributed by atoms with Crippen molar-refractivity contribution in [1.29, 1.82) is 0 Å². The Hall–Kier alpha value is -6.42. The molecule has 0 spiro atoms. The van der Waals surface area contributed by atoms with Gasteiger partial charge in [-0.05, 0) is 106 Å². The molecule has 6 N–H and O–H groups in total. The highest BCUT2D eigenvalue weighted by molar-refractivity contribution is 6.11. The summed E-state index contributed by atoms with van der Waals surface area (Å²) in [4.78, 5) is 24.2. The Morgan fingerprint density at radius 1 is 0.500 bits per heavy atom. The number of aromatic carboxylic acids is 2. The smallest absolute Gasteiger partial charge is 0.336 e. The van der Waals surface area contributed by atoms with E-state index in [-0.39, 0.29) is 11.1 Å². The molecule has 0 amide bonds. The number of fused-ring (bicyclic) bond motifs is 2. The average molecular weight is 693 g/mol. The molecule has 6 rings (SSSR count). The van der Waals surface area contributed by atoms with Crippen LogP contribution < -0.4 is 11.5 Å². The number of benzene rings is 6. The topological polar surface area (TPSA) is 176 Å². The van der Waals surface area contributed by atoms with Crippen molar-refractivity contribution in [1.82, 2.24) is 0 Å². The first-order chi connectivity index (χ1) is 25.1. The number of anilines is 2. The standard InChI is InChI=1S/C42H40N6O4/c1-5-23-17-27(18-24(6-2)39(23)47-45-35-21-33(41(49)50)29-13-9-11-15-31(29)37(35)43)28-19-25(7-3)40(26(8-4)20-28)48-46-36-22-34(42(51)52)30-14-10-12-16-32(30)38(36)44/h9-22H,5-8,43-44H2,1-4H3,(H,49,50)(H,51,52). The molecule has 0 saturated carbocycles. The molecule has 0 unspecified atom stereocenters. The fourth-order valence-corrected chi connectivity index (χ4v) is 6.68. The SMILES string of the molecule is CCc1cc(-c2cc(CC)c(N=Nc3cc(C(=O)O)c4ccccc4c3N)c(CC)c2)cc(CC)c1N=Nc1cc(C(=O)O)c2ccccc2c1N. The summed E-state index contributed by atoms with van der Waals surface area (Å²) in [7, 11) is 0. The number of aryl methyl sites for hydroxylation is 4. The molecule has 6 aromatic rings. The second kappa shape index (κ2) is 14.8. The van der Waals surface area contributed by atoms with Gasteiger partial charge in [-0.15, -0.1) is 20.5 Å². The lowest BCUT2D eigenvalue weighted by molar-refractivity contribution is 0.0688. The maximum Gasteiger partial charge on any atom is 0.336 e. The number of hydrogen-bond donors (Lipinski definition) is 4. The summed E-state index contributed by atoms with van der Waals surface area (Å²) in [6.45, 7) is 8.27. The number of rotatable bonds is 11. The normalized spacial score (nSPS) is 11.7. The van der Waals surface area contributed by atoms with Crippen molar-refractivity contribution in [2.75, 3.05) is 11.5 Å². The first kappa shape index (κ1) is 35.4. The molecule has 52 heavy (non-hydrogen) atoms. The fraction of sp³-hybridized carbons (Fsp3) is 0.190. The number of carbonyl (C=O) groups is 2. The van der Waals surface area contributed by atoms with Crippen LogP contribution in [0, 0.1) is 0 Å². The van der Waals surface area contributed by atoms with Crippen LogP contribution in [0.4, 0.5) is 34.1 Å². The number of carboxylic acid groups (broad SMARTS) is 2. The zero-order valence-corrected chi connectivity index (χ0v) is 29.6. The van der Waals surface area contributed by atoms with Gasteiger partial charge in [0.1, 0.15) is 11.4 Å². The number of nitrogens with zero attached hydrogens (tertiary/aromatic N) is 4. The minimum Gasteiger partial charge on any atom is -0.478 e. The largest absolute Gasteiger partial charge is 0.478 e. The lowest BCUT2D eigenvalue weighted by Gasteiger charge is -2.16. The Labute approximate surface area is 301 Å². The number of azo groups is 2. The van der Waals surface area contributed by atoms with Gasteiger partial charge in [-0.25, -0.2) is 9.59 Å². The summed E-state index contributed by atoms with van der Waals surface area (Å²) in [6.07, 6.45) is 2.79. The van der Waals surface area contributed by atoms with Gasteiger partial charge in [-0.3, -0.25) is 0 Å². The lowest BCUT2D eigenvalue weighted by atomic mass is 9.92. The number of nitrogen functional groups attached to an aromatic ring is 2. The van der Waals surface area contributed by atoms with Gasteiger partial charge in [0.25, 0.3) is 0 Å². The molecule has 0 heterocycles. The van der Waals surface area contributed by atoms with Crippen LogP contribution in [0.25, 0.3) is 32.7 Å². The van der Waals surface area contributed by atoms with Crippen molar-refractivity contribution in [2.24, 2.45) is 20.5 Å². The Morgan fingerprint density at radius 3 is 1.10 bits per heavy atom. The van der Waals surface area contributed by atoms with E-state index in [0.717, 1.165) is 44.8 Å². The molecule has 10 nitrogen and oxygen atoms in total. The van der Waals surface area contributed by atoms with Crippen LogP contribution in [-0.4, -0.2) is 22.2 Å². The summed E-state index contributed by atoms with van der Waals surface area (Å²) in [5, 5.41) is 40.5. The molecule has 0 aliphatic heterocycles. The van der Waals surface area contributed by atoms with E-state index >= 15 is 0 Å². The van der Waals surface area contributed by atoms with Crippen molar-refractivity contribution in [3.8, 4) is 11.1 Å². The predicted molar refractivity (Wildman–Crippen MR) is 208 cm³/mol. The molecule has 262 valence electrons. The van der Waals surface area contributed by atoms with E-state index in [1.807, 2.05) is 12.1 Å². The van der Waals surface area contributed by atoms with Gasteiger partial charge in [-0.2, -0.15) is 0 Å². The molecule has 6 aromatic carbocycles. The lowest BCUT2D eigenvalue weighted by Crippen LogP contribution is -2.00. The van der Waals surface area contributed by atoms with E-state index in [4.69, 9.17) is 11.5 Å². The summed E-state index contributed by atoms with van der Waals surface area (Å²) >= 11 is 0. The molecule has 0 aliphatic rings. The minimum atomic E-state index is -1.06. The summed E-state index contributed by atoms with van der Waals surface area (Å²) in [5.41, 5.74) is 22.1. The Kier molecular flexibility index (Phi) is 10.1. The van der Waals surface area contributed by atoms with Crippen molar-refractivity contribution in [3.63, 3.8) is 0 Å². The van der Waals surface area contributed by atoms with Gasteiger partial charge in [0.15, 0.2) is 0 Å². The van der Waals surface area contributed by atoms with Gasteiger partial charge >= 0.3 is 11.9 Å². The molecule has 0 aromatic heterocycles. The van der Waals surface area contributed by atoms with Gasteiger partial charge in [0.2, 0.25) is 0 Å². The third-order valence-corrected chi connectivity index (χ3v) is 9.50. The summed E-state index contributed by atoms with van der Waals surface area (Å²) in [6, 6.07) is 25.7. The molecule has 0 bridgehead atoms. The third kappa shape index (κ3) is 6.58. The van der Waals surface area contributed by atoms with Crippen molar-refractivity contribution < 1.29 is 19.8 Å². The van der Waals surface area contributed by atoms with Crippen LogP contribution in [0.3, 0.4) is 0 Å². The van der Waals surface area contributed by atoms with Crippen LogP contribution in [-0.2, 0) is 25.7 Å². The Balaban J connectivity index is 1.41. The van der Waals surface area contributed by atoms with Gasteiger partial charge in [0, 0.05) is 10.8 Å². The van der Waals surface area contributed by atoms with Crippen molar-refractivity contribution in [3.05, 3.63) is 118 Å². The van der Waals surface area contributed by atoms with Crippen molar-refractivity contribution in [2.45, 2.75) is 53.4 Å². The molecular formula is C42H40N6O4. The van der Waals surface area contributed by atoms with Crippen LogP contribution >= 0.6 is 0 Å². The zero-order valence-electron chi connectivity index (χ0n) is 29.6. The minimum absolute atomic E-state index is 0.118. The van der Waals surface area contributed by atoms with E-state index in [2.05, 4.69) is 72.4 Å². The molecule has 0 atom stereocenters. The monoisotopic (exact) mass is 692 g/mol. The van der Waals surface area contributed by atoms with E-state index in [0.29, 0.717) is 70.0 Å². The summed E-state index contributed by atoms with van der Waals surface area (Å²) < 4.78 is 0. The molecule has 0 saturated heterocycles. The van der Waals surface area contributed by atoms with E-state index < -0.39 is 11.9 Å². The molecule has 10 heteroatoms. The van der Waals surface area contributed by atoms with Crippen LogP contribution in [0.15, 0.2) is 105 Å². The quantitative estimate of drug-likeness (QED) is 0.0775. The predicted octanol–water partition coefficient (Wildman–Crippen LogP) is 11.3. The highest BCUT2D eigenvalue weighted by atomic mass is 16.4. The molecular weight excluding hydrogens is 653 g/mol. The zero-order chi connectivity index (χ0) is 37.1. The average Bonchev–Trinajstić information content (AvgIpc) is 3.16. The molecule has 0 fully saturated rings. The number of carboxylic acids is 2. The van der Waals surface area contributed by atoms with Crippen molar-refractivity contribution >= 4 is 67.6 Å². The Bertz CT molecular complexity index is 2230. The highest BCUT2D eigenvalue weighted by Crippen LogP contribution is 2.40. The maximum atomic E-state index is 12.1. The van der Waals surface area contributed by atoms with Crippen LogP contribution in [0.5, 0.6) is 0 Å². The van der Waals surface area contributed by atoms with E-state index in [1.54, 1.807) is 36.4 Å². The first-order valence-electron chi connectivity index (χ1n) is 17.3. The van der Waals surface area contributed by atoms with Crippen LogP contribution in [0.1, 0.15) is 70.7 Å². The second-order valence-corrected chi connectivity index (χ2v) is 12.5. The first-order valence-corrected chi connectivity index (χ1v) is 17.3. The summed E-state index contributed by atoms with van der Waals surface area (Å²) in [5.74, 6) is -2.12. The number of hydrogen-bond acceptors (Lipinski definition) is 8. The van der Waals surface area contributed by atoms with Crippen LogP contribution in [0.2, 0.25) is 0 Å². The number of nitrogens with two attached hydrogens (primary N) is 2. The molecule has 0 radical (unpaired) electrons. The van der Waals surface area contributed by atoms with E-state index in [9.17, 15) is 19.8 Å². The highest BCUT2D eigenvalue weighted by Gasteiger charge is 2.18.